The Morgan fingerprint density at radius 2 is 1.86 bits per heavy atom. The van der Waals surface area contributed by atoms with Gasteiger partial charge in [-0.05, 0) is 42.0 Å². The number of nitrogens with one attached hydrogen (secondary N) is 3. The lowest BCUT2D eigenvalue weighted by Crippen LogP contribution is -2.28. The summed E-state index contributed by atoms with van der Waals surface area (Å²) in [6.07, 6.45) is -4.20. The highest BCUT2D eigenvalue weighted by molar-refractivity contribution is 7.16. The molecule has 194 valence electrons. The van der Waals surface area contributed by atoms with Crippen molar-refractivity contribution < 1.29 is 37.8 Å². The molecule has 1 heterocycles. The monoisotopic (exact) mass is 554 g/mol. The van der Waals surface area contributed by atoms with Gasteiger partial charge < -0.3 is 26.2 Å². The molecular weight excluding hydrogens is 537 g/mol. The molecule has 0 spiro atoms. The maximum absolute atomic E-state index is 13.3. The highest BCUT2D eigenvalue weighted by Gasteiger charge is 2.37. The van der Waals surface area contributed by atoms with E-state index in [1.807, 2.05) is 5.32 Å². The maximum Gasteiger partial charge on any atom is 0.434 e. The van der Waals surface area contributed by atoms with Crippen LogP contribution in [0.5, 0.6) is 5.75 Å². The van der Waals surface area contributed by atoms with Gasteiger partial charge in [-0.15, -0.1) is 0 Å². The van der Waals surface area contributed by atoms with Crippen LogP contribution in [0.4, 0.5) is 18.3 Å². The van der Waals surface area contributed by atoms with Crippen molar-refractivity contribution >= 4 is 51.9 Å². The number of benzene rings is 2. The smallest absolute Gasteiger partial charge is 0.434 e. The van der Waals surface area contributed by atoms with E-state index in [9.17, 15) is 37.8 Å². The van der Waals surface area contributed by atoms with Crippen LogP contribution in [0.3, 0.4) is 0 Å². The largest absolute Gasteiger partial charge is 0.508 e. The fourth-order valence-electron chi connectivity index (χ4n) is 3.00. The second-order valence-electron chi connectivity index (χ2n) is 7.34. The standard InChI is InChI=1S/C23H18ClF3N4O5S/c1-28-22-31-18(23(25,26)27)17(37-22)9-16(21(35)36)30-20(34)14-6-5-12(8-15(14)24)19(33)29-10-11-3-2-4-13(32)7-11/h2-9,32H,10H2,1H3,(H,28,31)(H,29,33)(H,30,34)(H,35,36)/b16-9-. The zero-order valence-electron chi connectivity index (χ0n) is 18.8. The van der Waals surface area contributed by atoms with Gasteiger partial charge in [0.15, 0.2) is 10.8 Å². The van der Waals surface area contributed by atoms with Crippen LogP contribution in [0.1, 0.15) is 36.9 Å². The minimum absolute atomic E-state index is 0.0346. The molecule has 2 aromatic carbocycles. The Balaban J connectivity index is 1.78. The van der Waals surface area contributed by atoms with Crippen molar-refractivity contribution in [2.24, 2.45) is 0 Å². The molecule has 0 saturated heterocycles. The molecule has 5 N–H and O–H groups in total. The zero-order chi connectivity index (χ0) is 27.3. The molecule has 37 heavy (non-hydrogen) atoms. The number of amides is 2. The SMILES string of the molecule is CNc1nc(C(F)(F)F)c(/C=C(\NC(=O)c2ccc(C(=O)NCc3cccc(O)c3)cc2Cl)C(=O)O)s1. The van der Waals surface area contributed by atoms with E-state index in [4.69, 9.17) is 11.6 Å². The molecule has 0 unspecified atom stereocenters. The molecule has 0 fully saturated rings. The van der Waals surface area contributed by atoms with Crippen LogP contribution in [-0.4, -0.2) is 40.0 Å². The molecule has 9 nitrogen and oxygen atoms in total. The second-order valence-corrected chi connectivity index (χ2v) is 8.78. The van der Waals surface area contributed by atoms with Crippen LogP contribution in [-0.2, 0) is 17.5 Å². The third kappa shape index (κ3) is 6.98. The number of anilines is 1. The highest BCUT2D eigenvalue weighted by atomic mass is 35.5. The van der Waals surface area contributed by atoms with Gasteiger partial charge in [-0.2, -0.15) is 13.2 Å². The van der Waals surface area contributed by atoms with Crippen molar-refractivity contribution in [3.05, 3.63) is 80.4 Å². The second kappa shape index (κ2) is 11.3. The lowest BCUT2D eigenvalue weighted by Gasteiger charge is -2.10. The van der Waals surface area contributed by atoms with Crippen molar-refractivity contribution in [2.75, 3.05) is 12.4 Å². The van der Waals surface area contributed by atoms with E-state index in [1.165, 1.54) is 37.4 Å². The van der Waals surface area contributed by atoms with Crippen molar-refractivity contribution in [2.45, 2.75) is 12.7 Å². The number of aromatic nitrogens is 1. The summed E-state index contributed by atoms with van der Waals surface area (Å²) in [7, 11) is 1.35. The number of rotatable bonds is 8. The summed E-state index contributed by atoms with van der Waals surface area (Å²) in [4.78, 5) is 39.6. The van der Waals surface area contributed by atoms with Crippen LogP contribution in [0.2, 0.25) is 5.02 Å². The van der Waals surface area contributed by atoms with Gasteiger partial charge in [0.05, 0.1) is 15.5 Å². The van der Waals surface area contributed by atoms with Gasteiger partial charge >= 0.3 is 12.1 Å². The molecule has 3 rings (SSSR count). The van der Waals surface area contributed by atoms with E-state index in [2.05, 4.69) is 15.6 Å². The summed E-state index contributed by atoms with van der Waals surface area (Å²) in [5.41, 5.74) is -1.64. The van der Waals surface area contributed by atoms with E-state index in [0.717, 1.165) is 0 Å². The number of carbonyl (C=O) groups excluding carboxylic acids is 2. The Labute approximate surface area is 216 Å². The first-order valence-corrected chi connectivity index (χ1v) is 11.5. The number of carboxylic acids is 1. The lowest BCUT2D eigenvalue weighted by atomic mass is 10.1. The molecule has 0 radical (unpaired) electrons. The first-order valence-electron chi connectivity index (χ1n) is 10.3. The predicted molar refractivity (Wildman–Crippen MR) is 130 cm³/mol. The molecule has 0 atom stereocenters. The van der Waals surface area contributed by atoms with E-state index in [0.29, 0.717) is 23.0 Å². The molecule has 2 amide bonds. The van der Waals surface area contributed by atoms with E-state index < -0.39 is 40.2 Å². The Kier molecular flexibility index (Phi) is 8.40. The molecule has 0 aliphatic carbocycles. The Morgan fingerprint density at radius 1 is 1.14 bits per heavy atom. The van der Waals surface area contributed by atoms with Gasteiger partial charge in [0.1, 0.15) is 11.4 Å². The van der Waals surface area contributed by atoms with Crippen molar-refractivity contribution in [3.8, 4) is 5.75 Å². The van der Waals surface area contributed by atoms with E-state index >= 15 is 0 Å². The van der Waals surface area contributed by atoms with Gasteiger partial charge in [0.25, 0.3) is 11.8 Å². The Bertz CT molecular complexity index is 1390. The lowest BCUT2D eigenvalue weighted by molar-refractivity contribution is -0.141. The van der Waals surface area contributed by atoms with Crippen molar-refractivity contribution in [3.63, 3.8) is 0 Å². The maximum atomic E-state index is 13.3. The van der Waals surface area contributed by atoms with Crippen LogP contribution >= 0.6 is 22.9 Å². The van der Waals surface area contributed by atoms with Gasteiger partial charge in [-0.1, -0.05) is 35.1 Å². The molecule has 0 aliphatic heterocycles. The number of hydrogen-bond acceptors (Lipinski definition) is 7. The number of hydrogen-bond donors (Lipinski definition) is 5. The first-order chi connectivity index (χ1) is 17.4. The molecule has 14 heteroatoms. The van der Waals surface area contributed by atoms with Crippen LogP contribution < -0.4 is 16.0 Å². The number of halogens is 4. The van der Waals surface area contributed by atoms with E-state index in [1.54, 1.807) is 12.1 Å². The molecule has 0 aliphatic rings. The number of alkyl halides is 3. The van der Waals surface area contributed by atoms with Crippen molar-refractivity contribution in [1.82, 2.24) is 15.6 Å². The van der Waals surface area contributed by atoms with Crippen LogP contribution in [0.25, 0.3) is 6.08 Å². The van der Waals surface area contributed by atoms with E-state index in [-0.39, 0.29) is 33.6 Å². The zero-order valence-corrected chi connectivity index (χ0v) is 20.4. The molecule has 0 saturated carbocycles. The van der Waals surface area contributed by atoms with Gasteiger partial charge in [-0.3, -0.25) is 9.59 Å². The number of nitrogens with zero attached hydrogens (tertiary/aromatic N) is 1. The summed E-state index contributed by atoms with van der Waals surface area (Å²) in [5, 5.41) is 25.7. The number of aliphatic carboxylic acids is 1. The van der Waals surface area contributed by atoms with Crippen LogP contribution in [0, 0.1) is 0 Å². The summed E-state index contributed by atoms with van der Waals surface area (Å²) >= 11 is 6.68. The molecular formula is C23H18ClF3N4O5S. The number of phenolic OH excluding ortho intramolecular Hbond substituents is 1. The normalized spacial score (nSPS) is 11.6. The summed E-state index contributed by atoms with van der Waals surface area (Å²) < 4.78 is 39.9. The van der Waals surface area contributed by atoms with Crippen molar-refractivity contribution in [1.29, 1.82) is 0 Å². The van der Waals surface area contributed by atoms with Gasteiger partial charge in [0.2, 0.25) is 0 Å². The topological polar surface area (TPSA) is 141 Å². The summed E-state index contributed by atoms with van der Waals surface area (Å²) in [6, 6.07) is 9.88. The third-order valence-electron chi connectivity index (χ3n) is 4.73. The minimum Gasteiger partial charge on any atom is -0.508 e. The number of carbonyl (C=O) groups is 3. The molecule has 1 aromatic heterocycles. The minimum atomic E-state index is -4.86. The average Bonchev–Trinajstić information content (AvgIpc) is 3.25. The fraction of sp³-hybridized carbons (Fsp3) is 0.130. The third-order valence-corrected chi connectivity index (χ3v) is 6.06. The fourth-order valence-corrected chi connectivity index (χ4v) is 4.15. The average molecular weight is 555 g/mol. The molecule has 3 aromatic rings. The first kappa shape index (κ1) is 27.5. The Hall–Kier alpha value is -4.10. The summed E-state index contributed by atoms with van der Waals surface area (Å²) in [5.74, 6) is -3.21. The molecule has 0 bridgehead atoms. The van der Waals surface area contributed by atoms with Gasteiger partial charge in [0, 0.05) is 19.2 Å². The predicted octanol–water partition coefficient (Wildman–Crippen LogP) is 4.35. The number of aromatic hydroxyl groups is 1. The number of phenols is 1. The quantitative estimate of drug-likeness (QED) is 0.261. The number of thiazole rings is 1. The Morgan fingerprint density at radius 3 is 2.46 bits per heavy atom. The van der Waals surface area contributed by atoms with Gasteiger partial charge in [-0.25, -0.2) is 9.78 Å². The number of carboxylic acid groups (broad SMARTS) is 1. The highest BCUT2D eigenvalue weighted by Crippen LogP contribution is 2.37. The van der Waals surface area contributed by atoms with Crippen LogP contribution in [0.15, 0.2) is 48.2 Å². The summed E-state index contributed by atoms with van der Waals surface area (Å²) in [6.45, 7) is 0.104.